The number of hydrogen-bond acceptors (Lipinski definition) is 16. The summed E-state index contributed by atoms with van der Waals surface area (Å²) in [5.74, 6) is -7.96. The molecule has 0 amide bonds. The van der Waals surface area contributed by atoms with Gasteiger partial charge >= 0.3 is 29.8 Å². The van der Waals surface area contributed by atoms with Crippen LogP contribution in [0, 0.1) is 17.3 Å². The molecular formula is C47H67O16. The van der Waals surface area contributed by atoms with Crippen molar-refractivity contribution in [1.29, 1.82) is 0 Å². The second-order valence-electron chi connectivity index (χ2n) is 17.9. The van der Waals surface area contributed by atoms with Gasteiger partial charge < -0.3 is 53.2 Å². The van der Waals surface area contributed by atoms with Crippen LogP contribution in [0.25, 0.3) is 0 Å². The van der Waals surface area contributed by atoms with E-state index in [-0.39, 0.29) is 50.5 Å². The number of cyclic esters (lactones) is 1. The van der Waals surface area contributed by atoms with Gasteiger partial charge in [0.2, 0.25) is 5.79 Å². The van der Waals surface area contributed by atoms with E-state index in [9.17, 15) is 39.3 Å². The van der Waals surface area contributed by atoms with Crippen LogP contribution in [0.2, 0.25) is 0 Å². The van der Waals surface area contributed by atoms with E-state index in [4.69, 9.17) is 37.9 Å². The van der Waals surface area contributed by atoms with E-state index in [0.717, 1.165) is 18.9 Å². The molecule has 4 rings (SSSR count). The standard InChI is InChI=1S/C47H67O16/c1-10-12-13-14-15-16-39(50)61-43-31(23-41(52)57-9)22-35-26-33(11-2)60-42(53)25-32(49)24-36-27-38(58-29(3)48)45(6,7)46(54,62-36)28-37-20-30(21-40(51)56-8)19-34(59-37)17-18-44(4,5)47(43,55)63-35/h11,13-18,21,23,32-38,43,49,54-55H,10,12,19-20,22,24-28H2,1-9H3/b14-13+,16-15+,18-17+,30-21+,31-23+/t32-,33+,34+,35-,36-,37-,38-,43+,46-,47+/m0/s1. The summed E-state index contributed by atoms with van der Waals surface area (Å²) in [4.78, 5) is 64.6. The Labute approximate surface area is 370 Å². The van der Waals surface area contributed by atoms with Crippen molar-refractivity contribution in [2.24, 2.45) is 10.8 Å². The lowest BCUT2D eigenvalue weighted by atomic mass is 9.70. The maximum absolute atomic E-state index is 13.4. The van der Waals surface area contributed by atoms with Crippen molar-refractivity contribution in [3.05, 3.63) is 66.2 Å². The van der Waals surface area contributed by atoms with Crippen LogP contribution in [-0.2, 0) is 61.9 Å². The number of hydrogen-bond donors (Lipinski definition) is 3. The normalized spacial score (nSPS) is 35.7. The molecule has 4 aliphatic rings. The topological polar surface area (TPSA) is 220 Å². The average Bonchev–Trinajstić information content (AvgIpc) is 3.19. The van der Waals surface area contributed by atoms with Gasteiger partial charge in [0, 0.05) is 56.3 Å². The molecule has 3 fully saturated rings. The molecule has 0 spiro atoms. The summed E-state index contributed by atoms with van der Waals surface area (Å²) >= 11 is 0. The van der Waals surface area contributed by atoms with Gasteiger partial charge in [-0.25, -0.2) is 14.4 Å². The van der Waals surface area contributed by atoms with Crippen molar-refractivity contribution >= 4 is 29.8 Å². The van der Waals surface area contributed by atoms with Crippen molar-refractivity contribution in [2.45, 2.75) is 173 Å². The molecule has 63 heavy (non-hydrogen) atoms. The van der Waals surface area contributed by atoms with Crippen LogP contribution in [0.3, 0.4) is 0 Å². The van der Waals surface area contributed by atoms with Crippen LogP contribution in [-0.4, -0.2) is 120 Å². The lowest BCUT2D eigenvalue weighted by molar-refractivity contribution is -0.348. The van der Waals surface area contributed by atoms with Crippen LogP contribution >= 0.6 is 0 Å². The van der Waals surface area contributed by atoms with Crippen LogP contribution in [0.4, 0.5) is 0 Å². The highest BCUT2D eigenvalue weighted by atomic mass is 16.7. The molecule has 4 aliphatic heterocycles. The second-order valence-corrected chi connectivity index (χ2v) is 17.9. The molecule has 0 aliphatic carbocycles. The van der Waals surface area contributed by atoms with Crippen molar-refractivity contribution in [3.63, 3.8) is 0 Å². The molecule has 1 radical (unpaired) electrons. The number of methoxy groups -OCH3 is 2. The molecular weight excluding hydrogens is 821 g/mol. The zero-order valence-electron chi connectivity index (χ0n) is 38.0. The summed E-state index contributed by atoms with van der Waals surface area (Å²) in [6.45, 7) is 11.6. The molecule has 6 bridgehead atoms. The Bertz CT molecular complexity index is 1790. The number of fused-ring (bicyclic) bond motifs is 6. The highest BCUT2D eigenvalue weighted by Gasteiger charge is 2.59. The van der Waals surface area contributed by atoms with Crippen LogP contribution in [0.15, 0.2) is 59.8 Å². The minimum Gasteiger partial charge on any atom is -0.466 e. The molecule has 3 N–H and O–H groups in total. The highest BCUT2D eigenvalue weighted by Crippen LogP contribution is 2.50. The first-order chi connectivity index (χ1) is 29.6. The number of carbonyl (C=O) groups excluding carboxylic acids is 5. The van der Waals surface area contributed by atoms with Crippen LogP contribution in [0.5, 0.6) is 0 Å². The molecule has 351 valence electrons. The van der Waals surface area contributed by atoms with Gasteiger partial charge in [-0.1, -0.05) is 83.9 Å². The highest BCUT2D eigenvalue weighted by molar-refractivity contribution is 5.85. The molecule has 3 saturated heterocycles. The van der Waals surface area contributed by atoms with Gasteiger partial charge in [-0.2, -0.15) is 0 Å². The molecule has 0 aromatic heterocycles. The van der Waals surface area contributed by atoms with E-state index in [0.29, 0.717) is 5.57 Å². The summed E-state index contributed by atoms with van der Waals surface area (Å²) in [7, 11) is 2.44. The zero-order valence-corrected chi connectivity index (χ0v) is 38.0. The van der Waals surface area contributed by atoms with Crippen LogP contribution in [0.1, 0.15) is 113 Å². The van der Waals surface area contributed by atoms with E-state index in [2.05, 4.69) is 0 Å². The second kappa shape index (κ2) is 22.1. The predicted molar refractivity (Wildman–Crippen MR) is 227 cm³/mol. The van der Waals surface area contributed by atoms with E-state index >= 15 is 0 Å². The average molecular weight is 888 g/mol. The SMILES string of the molecule is C[CH][C@@H]1C[C@@H]2C/C(=C\C(=O)OC)[C@@H](OC(=O)/C=C/C=C/CCC)[C@@](O)(O2)C(C)(C)/C=C/[C@@H]2C/C(=C\C(=O)OC)C[C@@H](C[C@]3(O)O[C@@H](C[C@H](O)CC(=O)O1)C[C@H](OC(C)=O)C3(C)C)O2. The predicted octanol–water partition coefficient (Wildman–Crippen LogP) is 5.12. The summed E-state index contributed by atoms with van der Waals surface area (Å²) in [6.07, 6.45) is 7.04. The molecule has 0 saturated carbocycles. The molecule has 0 aromatic rings. The molecule has 0 aromatic carbocycles. The van der Waals surface area contributed by atoms with E-state index in [1.165, 1.54) is 39.4 Å². The number of allylic oxidation sites excluding steroid dienone is 3. The van der Waals surface area contributed by atoms with Gasteiger partial charge in [0.05, 0.1) is 56.6 Å². The smallest absolute Gasteiger partial charge is 0.331 e. The lowest BCUT2D eigenvalue weighted by Crippen LogP contribution is -2.62. The summed E-state index contributed by atoms with van der Waals surface area (Å²) in [5.41, 5.74) is -1.88. The Morgan fingerprint density at radius 3 is 2.21 bits per heavy atom. The third kappa shape index (κ3) is 13.4. The fourth-order valence-corrected chi connectivity index (χ4v) is 8.48. The Hall–Kier alpha value is -4.19. The van der Waals surface area contributed by atoms with Gasteiger partial charge in [0.15, 0.2) is 11.9 Å². The van der Waals surface area contributed by atoms with Gasteiger partial charge in [0.25, 0.3) is 0 Å². The third-order valence-electron chi connectivity index (χ3n) is 12.2. The fraction of sp³-hybridized carbons (Fsp3) is 0.660. The van der Waals surface area contributed by atoms with Gasteiger partial charge in [-0.05, 0) is 37.7 Å². The first-order valence-electron chi connectivity index (χ1n) is 21.7. The molecule has 16 nitrogen and oxygen atoms in total. The van der Waals surface area contributed by atoms with Crippen molar-refractivity contribution in [1.82, 2.24) is 0 Å². The van der Waals surface area contributed by atoms with Gasteiger partial charge in [-0.15, -0.1) is 0 Å². The number of carbonyl (C=O) groups is 5. The molecule has 4 heterocycles. The van der Waals surface area contributed by atoms with E-state index < -0.39 is 108 Å². The number of aliphatic hydroxyl groups is 3. The Morgan fingerprint density at radius 2 is 1.56 bits per heavy atom. The monoisotopic (exact) mass is 887 g/mol. The number of ether oxygens (including phenoxy) is 8. The fourth-order valence-electron chi connectivity index (χ4n) is 8.48. The minimum atomic E-state index is -2.39. The summed E-state index contributed by atoms with van der Waals surface area (Å²) in [6, 6.07) is 0. The molecule has 16 heteroatoms. The van der Waals surface area contributed by atoms with Gasteiger partial charge in [-0.3, -0.25) is 9.59 Å². The number of aliphatic hydroxyl groups excluding tert-OH is 1. The lowest BCUT2D eigenvalue weighted by Gasteiger charge is -2.53. The Balaban J connectivity index is 1.87. The van der Waals surface area contributed by atoms with Gasteiger partial charge in [0.1, 0.15) is 12.2 Å². The quantitative estimate of drug-likeness (QED) is 0.0899. The number of esters is 5. The largest absolute Gasteiger partial charge is 0.466 e. The van der Waals surface area contributed by atoms with Crippen molar-refractivity contribution in [3.8, 4) is 0 Å². The maximum atomic E-state index is 13.4. The van der Waals surface area contributed by atoms with E-state index in [1.54, 1.807) is 59.3 Å². The first-order valence-corrected chi connectivity index (χ1v) is 21.7. The van der Waals surface area contributed by atoms with Crippen LogP contribution < -0.4 is 0 Å². The van der Waals surface area contributed by atoms with Crippen molar-refractivity contribution in [2.75, 3.05) is 14.2 Å². The Morgan fingerprint density at radius 1 is 0.857 bits per heavy atom. The summed E-state index contributed by atoms with van der Waals surface area (Å²) < 4.78 is 46.9. The maximum Gasteiger partial charge on any atom is 0.331 e. The zero-order chi connectivity index (χ0) is 46.8. The number of unbranched alkanes of at least 4 members (excludes halogenated alkanes) is 1. The third-order valence-corrected chi connectivity index (χ3v) is 12.2. The van der Waals surface area contributed by atoms with Crippen molar-refractivity contribution < 1.29 is 77.2 Å². The molecule has 0 unspecified atom stereocenters. The first kappa shape index (κ1) is 51.4. The minimum absolute atomic E-state index is 0.0191. The van der Waals surface area contributed by atoms with E-state index in [1.807, 2.05) is 13.0 Å². The summed E-state index contributed by atoms with van der Waals surface area (Å²) in [5, 5.41) is 36.6. The molecule has 10 atom stereocenters. The number of rotatable bonds is 9. The Kier molecular flexibility index (Phi) is 18.1.